The smallest absolute Gasteiger partial charge is 0.268 e. The van der Waals surface area contributed by atoms with Crippen molar-refractivity contribution in [2.24, 2.45) is 0 Å². The van der Waals surface area contributed by atoms with Crippen molar-refractivity contribution in [3.8, 4) is 0 Å². The molecule has 0 radical (unpaired) electrons. The van der Waals surface area contributed by atoms with Gasteiger partial charge in [0.2, 0.25) is 5.50 Å². The molecule has 0 bridgehead atoms. The first-order valence-corrected chi connectivity index (χ1v) is 11.5. The topological polar surface area (TPSA) is 43.4 Å². The zero-order valence-corrected chi connectivity index (χ0v) is 16.7. The Bertz CT molecular complexity index is 358. The van der Waals surface area contributed by atoms with Crippen molar-refractivity contribution >= 4 is 10.1 Å². The van der Waals surface area contributed by atoms with E-state index in [0.717, 1.165) is 25.7 Å². The normalized spacial score (nSPS) is 13.3. The standard InChI is InChI=1S/C19H39FO3S/c1-3-5-7-8-9-10-11-12-13-14-16-18-23-24(21,22)19(20)17-15-6-4-2/h19H,3-18H2,1-2H3. The summed E-state index contributed by atoms with van der Waals surface area (Å²) in [6, 6.07) is 0. The predicted octanol–water partition coefficient (Wildman–Crippen LogP) is 6.52. The Morgan fingerprint density at radius 3 is 1.62 bits per heavy atom. The van der Waals surface area contributed by atoms with Crippen molar-refractivity contribution < 1.29 is 17.0 Å². The van der Waals surface area contributed by atoms with Gasteiger partial charge in [0.1, 0.15) is 0 Å². The number of unbranched alkanes of at least 4 members (excludes halogenated alkanes) is 12. The molecule has 0 aliphatic rings. The van der Waals surface area contributed by atoms with E-state index in [9.17, 15) is 12.8 Å². The largest absolute Gasteiger partial charge is 0.299 e. The summed E-state index contributed by atoms with van der Waals surface area (Å²) in [6.07, 6.45) is 15.6. The van der Waals surface area contributed by atoms with E-state index in [-0.39, 0.29) is 13.0 Å². The molecule has 1 unspecified atom stereocenters. The highest BCUT2D eigenvalue weighted by Crippen LogP contribution is 2.16. The molecule has 146 valence electrons. The van der Waals surface area contributed by atoms with Gasteiger partial charge in [-0.05, 0) is 19.3 Å². The molecule has 0 rings (SSSR count). The minimum absolute atomic E-state index is 0.0500. The molecule has 0 aromatic carbocycles. The molecule has 0 saturated carbocycles. The fourth-order valence-corrected chi connectivity index (χ4v) is 3.67. The van der Waals surface area contributed by atoms with E-state index < -0.39 is 15.6 Å². The molecule has 0 amide bonds. The Labute approximate surface area is 149 Å². The molecule has 3 nitrogen and oxygen atoms in total. The maximum absolute atomic E-state index is 13.6. The lowest BCUT2D eigenvalue weighted by Crippen LogP contribution is -2.19. The van der Waals surface area contributed by atoms with Crippen LogP contribution in [-0.2, 0) is 14.3 Å². The fourth-order valence-electron chi connectivity index (χ4n) is 2.71. The van der Waals surface area contributed by atoms with Gasteiger partial charge in [0.15, 0.2) is 0 Å². The molecule has 1 atom stereocenters. The van der Waals surface area contributed by atoms with Crippen molar-refractivity contribution in [1.29, 1.82) is 0 Å². The minimum atomic E-state index is -4.02. The first-order chi connectivity index (χ1) is 11.5. The molecule has 0 fully saturated rings. The molecule has 0 saturated heterocycles. The van der Waals surface area contributed by atoms with E-state index in [4.69, 9.17) is 4.18 Å². The second kappa shape index (κ2) is 16.3. The molecule has 0 spiro atoms. The summed E-state index contributed by atoms with van der Waals surface area (Å²) >= 11 is 0. The van der Waals surface area contributed by atoms with Crippen LogP contribution in [0.5, 0.6) is 0 Å². The lowest BCUT2D eigenvalue weighted by molar-refractivity contribution is 0.271. The Hall–Kier alpha value is -0.160. The average Bonchev–Trinajstić information content (AvgIpc) is 2.56. The van der Waals surface area contributed by atoms with E-state index in [2.05, 4.69) is 6.92 Å². The molecule has 5 heteroatoms. The quantitative estimate of drug-likeness (QED) is 0.205. The Morgan fingerprint density at radius 2 is 1.12 bits per heavy atom. The van der Waals surface area contributed by atoms with Gasteiger partial charge >= 0.3 is 0 Å². The highest BCUT2D eigenvalue weighted by atomic mass is 32.2. The lowest BCUT2D eigenvalue weighted by atomic mass is 10.1. The van der Waals surface area contributed by atoms with Crippen molar-refractivity contribution in [1.82, 2.24) is 0 Å². The highest BCUT2D eigenvalue weighted by molar-refractivity contribution is 7.87. The van der Waals surface area contributed by atoms with Crippen LogP contribution in [0.1, 0.15) is 110 Å². The average molecular weight is 367 g/mol. The number of halogens is 1. The summed E-state index contributed by atoms with van der Waals surface area (Å²) in [5, 5.41) is 0. The maximum atomic E-state index is 13.6. The molecule has 0 aliphatic heterocycles. The van der Waals surface area contributed by atoms with E-state index in [0.29, 0.717) is 12.8 Å². The summed E-state index contributed by atoms with van der Waals surface area (Å²) in [5.41, 5.74) is -1.86. The van der Waals surface area contributed by atoms with Crippen LogP contribution in [0, 0.1) is 0 Å². The van der Waals surface area contributed by atoms with Gasteiger partial charge in [-0.15, -0.1) is 0 Å². The molecule has 0 N–H and O–H groups in total. The van der Waals surface area contributed by atoms with Crippen LogP contribution in [0.15, 0.2) is 0 Å². The third-order valence-corrected chi connectivity index (χ3v) is 5.70. The fraction of sp³-hybridized carbons (Fsp3) is 1.00. The van der Waals surface area contributed by atoms with E-state index in [1.54, 1.807) is 0 Å². The van der Waals surface area contributed by atoms with Crippen molar-refractivity contribution in [2.45, 2.75) is 116 Å². The minimum Gasteiger partial charge on any atom is -0.268 e. The monoisotopic (exact) mass is 366 g/mol. The van der Waals surface area contributed by atoms with E-state index >= 15 is 0 Å². The van der Waals surface area contributed by atoms with Crippen molar-refractivity contribution in [3.63, 3.8) is 0 Å². The molecule has 0 aromatic rings. The van der Waals surface area contributed by atoms with Crippen LogP contribution in [0.25, 0.3) is 0 Å². The molecular weight excluding hydrogens is 327 g/mol. The van der Waals surface area contributed by atoms with Crippen molar-refractivity contribution in [2.75, 3.05) is 6.61 Å². The van der Waals surface area contributed by atoms with Gasteiger partial charge in [-0.1, -0.05) is 90.9 Å². The van der Waals surface area contributed by atoms with E-state index in [1.807, 2.05) is 6.92 Å². The van der Waals surface area contributed by atoms with Crippen LogP contribution in [0.3, 0.4) is 0 Å². The maximum Gasteiger partial charge on any atom is 0.299 e. The summed E-state index contributed by atoms with van der Waals surface area (Å²) in [4.78, 5) is 0. The van der Waals surface area contributed by atoms with Crippen LogP contribution in [-0.4, -0.2) is 20.5 Å². The van der Waals surface area contributed by atoms with Crippen molar-refractivity contribution in [3.05, 3.63) is 0 Å². The second-order valence-electron chi connectivity index (χ2n) is 6.76. The van der Waals surface area contributed by atoms with Gasteiger partial charge in [-0.3, -0.25) is 4.18 Å². The summed E-state index contributed by atoms with van der Waals surface area (Å²) in [5.74, 6) is 0. The zero-order chi connectivity index (χ0) is 18.1. The van der Waals surface area contributed by atoms with Gasteiger partial charge < -0.3 is 0 Å². The second-order valence-corrected chi connectivity index (χ2v) is 8.49. The van der Waals surface area contributed by atoms with Crippen LogP contribution < -0.4 is 0 Å². The Balaban J connectivity index is 3.45. The predicted molar refractivity (Wildman–Crippen MR) is 100 cm³/mol. The molecule has 0 aliphatic carbocycles. The number of alkyl halides is 1. The third kappa shape index (κ3) is 14.2. The first-order valence-electron chi connectivity index (χ1n) is 10.1. The number of hydrogen-bond donors (Lipinski definition) is 0. The number of rotatable bonds is 18. The van der Waals surface area contributed by atoms with Gasteiger partial charge in [-0.2, -0.15) is 8.42 Å². The van der Waals surface area contributed by atoms with Gasteiger partial charge in [-0.25, -0.2) is 4.39 Å². The van der Waals surface area contributed by atoms with Crippen LogP contribution >= 0.6 is 0 Å². The van der Waals surface area contributed by atoms with E-state index in [1.165, 1.54) is 51.4 Å². The molecular formula is C19H39FO3S. The Morgan fingerprint density at radius 1 is 0.708 bits per heavy atom. The first kappa shape index (κ1) is 23.8. The summed E-state index contributed by atoms with van der Waals surface area (Å²) < 4.78 is 41.6. The van der Waals surface area contributed by atoms with Gasteiger partial charge in [0.05, 0.1) is 6.61 Å². The summed E-state index contributed by atoms with van der Waals surface area (Å²) in [6.45, 7) is 4.35. The molecule has 0 heterocycles. The summed E-state index contributed by atoms with van der Waals surface area (Å²) in [7, 11) is -4.02. The molecule has 0 aromatic heterocycles. The number of hydrogen-bond acceptors (Lipinski definition) is 3. The highest BCUT2D eigenvalue weighted by Gasteiger charge is 2.25. The van der Waals surface area contributed by atoms with Crippen LogP contribution in [0.4, 0.5) is 4.39 Å². The SMILES string of the molecule is CCCCCCCCCCCCCOS(=O)(=O)C(F)CCCCC. The third-order valence-electron chi connectivity index (χ3n) is 4.34. The van der Waals surface area contributed by atoms with Gasteiger partial charge in [0.25, 0.3) is 10.1 Å². The molecule has 24 heavy (non-hydrogen) atoms. The lowest BCUT2D eigenvalue weighted by Gasteiger charge is -2.10. The Kier molecular flexibility index (Phi) is 16.2. The van der Waals surface area contributed by atoms with Crippen LogP contribution in [0.2, 0.25) is 0 Å². The van der Waals surface area contributed by atoms with Gasteiger partial charge in [0, 0.05) is 0 Å². The zero-order valence-electron chi connectivity index (χ0n) is 15.9.